The predicted molar refractivity (Wildman–Crippen MR) is 35.4 cm³/mol. The molecule has 2 nitrogen and oxygen atoms in total. The van der Waals surface area contributed by atoms with Gasteiger partial charge >= 0.3 is 83.7 Å². The van der Waals surface area contributed by atoms with Crippen LogP contribution >= 0.6 is 0 Å². The molecule has 7 heteroatoms. The minimum Gasteiger partial charge on any atom is 0.316 e. The molecule has 0 aliphatic heterocycles. The Balaban J connectivity index is -0.0000000150. The van der Waals surface area contributed by atoms with E-state index < -0.39 is 9.26 Å². The number of rotatable bonds is 0. The largest absolute Gasteiger partial charge is 0.316 e. The molecule has 0 rings (SSSR count). The van der Waals surface area contributed by atoms with Crippen molar-refractivity contribution in [1.29, 1.82) is 0 Å². The van der Waals surface area contributed by atoms with Crippen LogP contribution in [0.2, 0.25) is 0 Å². The zero-order chi connectivity index (χ0) is 3.58. The van der Waals surface area contributed by atoms with Crippen LogP contribution in [0.3, 0.4) is 0 Å². The van der Waals surface area contributed by atoms with Crippen molar-refractivity contribution in [2.45, 2.75) is 0 Å². The van der Waals surface area contributed by atoms with Gasteiger partial charge in [-0.1, -0.05) is 0 Å². The molecular weight excluding hydrogens is 169 g/mol. The number of hydrogen-bond acceptors (Lipinski definition) is 1. The predicted octanol–water partition coefficient (Wildman–Crippen LogP) is -3.39. The molecule has 0 radical (unpaired) electrons. The van der Waals surface area contributed by atoms with Crippen molar-refractivity contribution in [3.8, 4) is 0 Å². The van der Waals surface area contributed by atoms with Gasteiger partial charge in [-0.05, 0) is 0 Å². The van der Waals surface area contributed by atoms with Crippen molar-refractivity contribution in [2.24, 2.45) is 0 Å². The van der Waals surface area contributed by atoms with E-state index in [0.717, 1.165) is 0 Å². The summed E-state index contributed by atoms with van der Waals surface area (Å²) in [5, 5.41) is 0. The molecule has 0 unspecified atom stereocenters. The van der Waals surface area contributed by atoms with Gasteiger partial charge < -0.3 is 4.80 Å². The third-order valence-electron chi connectivity index (χ3n) is 0. The summed E-state index contributed by atoms with van der Waals surface area (Å²) in [6, 6.07) is 0. The Morgan fingerprint density at radius 3 is 1.57 bits per heavy atom. The van der Waals surface area contributed by atoms with E-state index in [-0.39, 0.29) is 91.8 Å². The summed E-state index contributed by atoms with van der Waals surface area (Å²) < 4.78 is 18.6. The summed E-state index contributed by atoms with van der Waals surface area (Å²) >= 11 is 0. The van der Waals surface area contributed by atoms with Crippen LogP contribution in [0.4, 0.5) is 4.11 Å². The van der Waals surface area contributed by atoms with Crippen LogP contribution in [0.25, 0.3) is 0 Å². The van der Waals surface area contributed by atoms with Gasteiger partial charge in [-0.2, -0.15) is 4.11 Å². The smallest absolute Gasteiger partial charge is 0.316 e. The molecule has 0 bridgehead atoms. The van der Waals surface area contributed by atoms with Crippen molar-refractivity contribution in [2.75, 3.05) is 0 Å². The van der Waals surface area contributed by atoms with Gasteiger partial charge in [0.1, 0.15) is 0 Å². The average Bonchev–Trinajstić information content (AvgIpc) is 0.811. The third-order valence-corrected chi connectivity index (χ3v) is 0. The maximum atomic E-state index is 10.1. The Morgan fingerprint density at radius 2 is 1.57 bits per heavy atom. The van der Waals surface area contributed by atoms with E-state index in [0.29, 0.717) is 0 Å². The van der Waals surface area contributed by atoms with E-state index in [1.54, 1.807) is 0 Å². The SMILES string of the molecule is O=[Si](O)F.[AlH3].[KH].[MgH2]. The van der Waals surface area contributed by atoms with E-state index in [1.165, 1.54) is 0 Å². The second-order valence-corrected chi connectivity index (χ2v) is 0.759. The molecule has 0 aliphatic rings. The molecule has 1 N–H and O–H groups in total. The fraction of sp³-hybridized carbons (Fsp3) is 0. The minimum atomic E-state index is -3.63. The Kier molecular flexibility index (Phi) is 51.2. The fourth-order valence-corrected chi connectivity index (χ4v) is 0. The Bertz CT molecular complexity index is 40.7. The Labute approximate surface area is 112 Å². The fourth-order valence-electron chi connectivity index (χ4n) is 0. The monoisotopic (exact) mass is 176 g/mol. The van der Waals surface area contributed by atoms with Crippen LogP contribution in [0.15, 0.2) is 0 Å². The van der Waals surface area contributed by atoms with Crippen molar-refractivity contribution >= 4 is 101 Å². The van der Waals surface area contributed by atoms with E-state index in [2.05, 4.69) is 0 Å². The van der Waals surface area contributed by atoms with Crippen LogP contribution in [0.5, 0.6) is 0 Å². The molecule has 0 saturated carbocycles. The van der Waals surface area contributed by atoms with Crippen LogP contribution in [-0.2, 0) is 4.46 Å². The summed E-state index contributed by atoms with van der Waals surface area (Å²) in [5.74, 6) is 0. The molecule has 0 aromatic heterocycles. The molecule has 0 heterocycles. The number of hydrogen-bond donors (Lipinski definition) is 1. The maximum absolute atomic E-state index is 10.1. The van der Waals surface area contributed by atoms with Crippen molar-refractivity contribution in [3.05, 3.63) is 0 Å². The van der Waals surface area contributed by atoms with Gasteiger partial charge in [0, 0.05) is 0 Å². The molecule has 0 spiro atoms. The van der Waals surface area contributed by atoms with Crippen LogP contribution in [-0.4, -0.2) is 106 Å². The van der Waals surface area contributed by atoms with Gasteiger partial charge in [0.2, 0.25) is 0 Å². The first kappa shape index (κ1) is 22.6. The first-order valence-electron chi connectivity index (χ1n) is 0.617. The minimum absolute atomic E-state index is 0. The van der Waals surface area contributed by atoms with Crippen molar-refractivity contribution in [3.63, 3.8) is 0 Å². The van der Waals surface area contributed by atoms with E-state index >= 15 is 0 Å². The Hall–Kier alpha value is 2.68. The summed E-state index contributed by atoms with van der Waals surface area (Å²) in [4.78, 5) is 6.94. The third kappa shape index (κ3) is 53.9. The van der Waals surface area contributed by atoms with Crippen LogP contribution in [0, 0.1) is 0 Å². The van der Waals surface area contributed by atoms with E-state index in [9.17, 15) is 4.11 Å². The van der Waals surface area contributed by atoms with Gasteiger partial charge in [-0.25, -0.2) is 0 Å². The topological polar surface area (TPSA) is 37.3 Å². The van der Waals surface area contributed by atoms with Gasteiger partial charge in [-0.3, -0.25) is 4.46 Å². The summed E-state index contributed by atoms with van der Waals surface area (Å²) in [6.45, 7) is 0. The summed E-state index contributed by atoms with van der Waals surface area (Å²) in [7, 11) is -3.63. The molecule has 0 aromatic carbocycles. The molecule has 36 valence electrons. The zero-order valence-electron chi connectivity index (χ0n) is 1.73. The van der Waals surface area contributed by atoms with E-state index in [1.807, 2.05) is 0 Å². The molecule has 0 aromatic rings. The quantitative estimate of drug-likeness (QED) is 0.309. The van der Waals surface area contributed by atoms with Gasteiger partial charge in [0.15, 0.2) is 17.4 Å². The molecule has 0 amide bonds. The standard InChI is InChI=1S/Al.FHO2Si.K.Mg.6H/c;1-4(2)3;;;;;;;;/h;2H;;;;;;;;. The normalized spacial score (nSPS) is 3.57. The van der Waals surface area contributed by atoms with E-state index in [4.69, 9.17) is 9.26 Å². The number of halogens is 1. The molecule has 0 atom stereocenters. The van der Waals surface area contributed by atoms with Gasteiger partial charge in [-0.15, -0.1) is 0 Å². The molecule has 7 heavy (non-hydrogen) atoms. The molecule has 0 aliphatic carbocycles. The van der Waals surface area contributed by atoms with Gasteiger partial charge in [0.25, 0.3) is 0 Å². The van der Waals surface area contributed by atoms with Crippen LogP contribution in [0.1, 0.15) is 0 Å². The zero-order valence-corrected chi connectivity index (χ0v) is 2.73. The van der Waals surface area contributed by atoms with Crippen LogP contribution < -0.4 is 0 Å². The first-order chi connectivity index (χ1) is 1.73. The molecule has 0 saturated heterocycles. The molecular formula is H7AlFKMgO2Si. The summed E-state index contributed by atoms with van der Waals surface area (Å²) in [5.41, 5.74) is 0. The second-order valence-electron chi connectivity index (χ2n) is 0.253. The van der Waals surface area contributed by atoms with Gasteiger partial charge in [0.05, 0.1) is 0 Å². The summed E-state index contributed by atoms with van der Waals surface area (Å²) in [6.07, 6.45) is 0. The van der Waals surface area contributed by atoms with Crippen molar-refractivity contribution in [1.82, 2.24) is 0 Å². The first-order valence-corrected chi connectivity index (χ1v) is 1.85. The molecule has 0 fully saturated rings. The van der Waals surface area contributed by atoms with Crippen molar-refractivity contribution < 1.29 is 13.4 Å². The second kappa shape index (κ2) is 15.9. The Morgan fingerprint density at radius 1 is 1.57 bits per heavy atom. The average molecular weight is 177 g/mol. The maximum Gasteiger partial charge on any atom is 0.316 e.